The molecule has 4 atom stereocenters. The van der Waals surface area contributed by atoms with E-state index in [0.29, 0.717) is 23.8 Å². The largest absolute Gasteiger partial charge is 0.338 e. The van der Waals surface area contributed by atoms with Gasteiger partial charge < -0.3 is 10.2 Å². The lowest BCUT2D eigenvalue weighted by molar-refractivity contribution is -0.144. The first-order chi connectivity index (χ1) is 9.00. The lowest BCUT2D eigenvalue weighted by Crippen LogP contribution is -2.60. The number of carbonyl (C=O) groups excluding carboxylic acids is 1. The Kier molecular flexibility index (Phi) is 4.54. The molecule has 1 amide bonds. The molecule has 110 valence electrons. The van der Waals surface area contributed by atoms with E-state index in [2.05, 4.69) is 37.9 Å². The molecule has 4 unspecified atom stereocenters. The van der Waals surface area contributed by atoms with Crippen molar-refractivity contribution in [3.05, 3.63) is 0 Å². The third-order valence-electron chi connectivity index (χ3n) is 5.19. The van der Waals surface area contributed by atoms with Crippen molar-refractivity contribution in [3.8, 4) is 0 Å². The van der Waals surface area contributed by atoms with Crippen LogP contribution in [0.4, 0.5) is 0 Å². The molecular weight excluding hydrogens is 236 g/mol. The van der Waals surface area contributed by atoms with Crippen molar-refractivity contribution in [2.75, 3.05) is 13.1 Å². The third-order valence-corrected chi connectivity index (χ3v) is 5.19. The number of hydrogen-bond acceptors (Lipinski definition) is 2. The first-order valence-corrected chi connectivity index (χ1v) is 8.06. The maximum atomic E-state index is 13.1. The van der Waals surface area contributed by atoms with Crippen LogP contribution < -0.4 is 5.32 Å². The summed E-state index contributed by atoms with van der Waals surface area (Å²) in [6.07, 6.45) is 5.47. The molecular formula is C16H30N2O. The van der Waals surface area contributed by atoms with Crippen molar-refractivity contribution in [2.45, 2.75) is 71.4 Å². The van der Waals surface area contributed by atoms with Gasteiger partial charge in [-0.2, -0.15) is 0 Å². The molecule has 0 aromatic rings. The second-order valence-corrected chi connectivity index (χ2v) is 6.88. The molecule has 2 heterocycles. The highest BCUT2D eigenvalue weighted by atomic mass is 16.2. The summed E-state index contributed by atoms with van der Waals surface area (Å²) in [7, 11) is 0. The minimum absolute atomic E-state index is 0.250. The molecule has 2 aliphatic heterocycles. The van der Waals surface area contributed by atoms with Crippen LogP contribution in [0, 0.1) is 11.8 Å². The molecule has 2 aliphatic rings. The van der Waals surface area contributed by atoms with Crippen LogP contribution in [0.25, 0.3) is 0 Å². The Morgan fingerprint density at radius 1 is 1.37 bits per heavy atom. The van der Waals surface area contributed by atoms with E-state index in [1.165, 1.54) is 6.42 Å². The fourth-order valence-corrected chi connectivity index (χ4v) is 3.99. The average Bonchev–Trinajstić information content (AvgIpc) is 2.83. The Labute approximate surface area is 118 Å². The molecule has 0 spiro atoms. The van der Waals surface area contributed by atoms with Gasteiger partial charge in [-0.25, -0.2) is 0 Å². The Morgan fingerprint density at radius 3 is 2.68 bits per heavy atom. The van der Waals surface area contributed by atoms with E-state index in [4.69, 9.17) is 0 Å². The van der Waals surface area contributed by atoms with Crippen molar-refractivity contribution >= 4 is 5.91 Å². The predicted octanol–water partition coefficient (Wildman–Crippen LogP) is 2.80. The van der Waals surface area contributed by atoms with Crippen LogP contribution in [-0.2, 0) is 4.79 Å². The molecule has 19 heavy (non-hydrogen) atoms. The van der Waals surface area contributed by atoms with Crippen LogP contribution in [0.3, 0.4) is 0 Å². The Balaban J connectivity index is 2.16. The molecule has 0 aliphatic carbocycles. The van der Waals surface area contributed by atoms with E-state index >= 15 is 0 Å². The van der Waals surface area contributed by atoms with Gasteiger partial charge >= 0.3 is 0 Å². The van der Waals surface area contributed by atoms with E-state index in [9.17, 15) is 4.79 Å². The van der Waals surface area contributed by atoms with Gasteiger partial charge in [0, 0.05) is 12.6 Å². The zero-order valence-corrected chi connectivity index (χ0v) is 13.0. The number of amides is 1. The standard InChI is InChI=1S/C16H30N2O/c1-5-7-16(8-6-9-17-16)15(19)18-11-12(2)10-13(3)14(18)4/h12-14,17H,5-11H2,1-4H3. The monoisotopic (exact) mass is 266 g/mol. The summed E-state index contributed by atoms with van der Waals surface area (Å²) >= 11 is 0. The summed E-state index contributed by atoms with van der Waals surface area (Å²) in [5.41, 5.74) is -0.250. The molecule has 0 radical (unpaired) electrons. The van der Waals surface area contributed by atoms with Crippen LogP contribution >= 0.6 is 0 Å². The zero-order chi connectivity index (χ0) is 14.0. The minimum Gasteiger partial charge on any atom is -0.338 e. The Morgan fingerprint density at radius 2 is 2.11 bits per heavy atom. The second-order valence-electron chi connectivity index (χ2n) is 6.88. The molecule has 1 N–H and O–H groups in total. The fourth-order valence-electron chi connectivity index (χ4n) is 3.99. The van der Waals surface area contributed by atoms with Gasteiger partial charge in [0.15, 0.2) is 0 Å². The number of nitrogens with zero attached hydrogens (tertiary/aromatic N) is 1. The molecule has 2 rings (SSSR count). The quantitative estimate of drug-likeness (QED) is 0.852. The molecule has 0 aromatic heterocycles. The van der Waals surface area contributed by atoms with Gasteiger partial charge in [0.05, 0.1) is 5.54 Å². The van der Waals surface area contributed by atoms with E-state index in [-0.39, 0.29) is 5.54 Å². The smallest absolute Gasteiger partial charge is 0.243 e. The normalized spacial score (nSPS) is 39.6. The van der Waals surface area contributed by atoms with Crippen LogP contribution in [-0.4, -0.2) is 35.5 Å². The summed E-state index contributed by atoms with van der Waals surface area (Å²) in [5.74, 6) is 1.63. The third kappa shape index (κ3) is 2.81. The number of carbonyl (C=O) groups is 1. The van der Waals surface area contributed by atoms with Gasteiger partial charge in [-0.3, -0.25) is 4.79 Å². The highest BCUT2D eigenvalue weighted by Gasteiger charge is 2.45. The summed E-state index contributed by atoms with van der Waals surface area (Å²) in [5, 5.41) is 3.53. The molecule has 2 fully saturated rings. The van der Waals surface area contributed by atoms with Crippen molar-refractivity contribution in [2.24, 2.45) is 11.8 Å². The van der Waals surface area contributed by atoms with Crippen LogP contribution in [0.2, 0.25) is 0 Å². The average molecular weight is 266 g/mol. The van der Waals surface area contributed by atoms with E-state index in [1.54, 1.807) is 0 Å². The second kappa shape index (κ2) is 5.82. The maximum absolute atomic E-state index is 13.1. The molecule has 0 aromatic carbocycles. The lowest BCUT2D eigenvalue weighted by atomic mass is 9.83. The number of rotatable bonds is 3. The van der Waals surface area contributed by atoms with Crippen LogP contribution in [0.15, 0.2) is 0 Å². The van der Waals surface area contributed by atoms with E-state index in [1.807, 2.05) is 0 Å². The highest BCUT2D eigenvalue weighted by Crippen LogP contribution is 2.33. The number of likely N-dealkylation sites (tertiary alicyclic amines) is 1. The van der Waals surface area contributed by atoms with Gasteiger partial charge in [-0.1, -0.05) is 27.2 Å². The van der Waals surface area contributed by atoms with Gasteiger partial charge in [0.2, 0.25) is 5.91 Å². The molecule has 0 saturated carbocycles. The number of hydrogen-bond donors (Lipinski definition) is 1. The topological polar surface area (TPSA) is 32.3 Å². The van der Waals surface area contributed by atoms with Crippen molar-refractivity contribution in [3.63, 3.8) is 0 Å². The van der Waals surface area contributed by atoms with Gasteiger partial charge in [0.1, 0.15) is 0 Å². The van der Waals surface area contributed by atoms with Gasteiger partial charge in [-0.15, -0.1) is 0 Å². The number of nitrogens with one attached hydrogen (secondary N) is 1. The maximum Gasteiger partial charge on any atom is 0.243 e. The Hall–Kier alpha value is -0.570. The van der Waals surface area contributed by atoms with Crippen molar-refractivity contribution in [1.82, 2.24) is 10.2 Å². The van der Waals surface area contributed by atoms with Crippen LogP contribution in [0.1, 0.15) is 59.8 Å². The summed E-state index contributed by atoms with van der Waals surface area (Å²) in [6.45, 7) is 10.9. The Bertz CT molecular complexity index is 323. The van der Waals surface area contributed by atoms with Crippen LogP contribution in [0.5, 0.6) is 0 Å². The first kappa shape index (κ1) is 14.8. The van der Waals surface area contributed by atoms with Crippen molar-refractivity contribution < 1.29 is 4.79 Å². The first-order valence-electron chi connectivity index (χ1n) is 8.06. The lowest BCUT2D eigenvalue weighted by Gasteiger charge is -2.45. The summed E-state index contributed by atoms with van der Waals surface area (Å²) < 4.78 is 0. The molecule has 3 nitrogen and oxygen atoms in total. The number of piperidine rings is 1. The van der Waals surface area contributed by atoms with Gasteiger partial charge in [0.25, 0.3) is 0 Å². The zero-order valence-electron chi connectivity index (χ0n) is 13.0. The molecule has 0 bridgehead atoms. The van der Waals surface area contributed by atoms with Gasteiger partial charge in [-0.05, 0) is 51.0 Å². The summed E-state index contributed by atoms with van der Waals surface area (Å²) in [6, 6.07) is 0.389. The fraction of sp³-hybridized carbons (Fsp3) is 0.938. The molecule has 3 heteroatoms. The summed E-state index contributed by atoms with van der Waals surface area (Å²) in [4.78, 5) is 15.3. The van der Waals surface area contributed by atoms with Crippen molar-refractivity contribution in [1.29, 1.82) is 0 Å². The molecule has 2 saturated heterocycles. The highest BCUT2D eigenvalue weighted by molar-refractivity contribution is 5.87. The minimum atomic E-state index is -0.250. The van der Waals surface area contributed by atoms with E-state index < -0.39 is 0 Å². The predicted molar refractivity (Wildman–Crippen MR) is 79.0 cm³/mol. The van der Waals surface area contributed by atoms with E-state index in [0.717, 1.165) is 38.8 Å². The SMILES string of the molecule is CCCC1(C(=O)N2CC(C)CC(C)C2C)CCCN1.